The summed E-state index contributed by atoms with van der Waals surface area (Å²) in [5.41, 5.74) is 1.29. The summed E-state index contributed by atoms with van der Waals surface area (Å²) in [5, 5.41) is 0. The summed E-state index contributed by atoms with van der Waals surface area (Å²) < 4.78 is 46.4. The predicted octanol–water partition coefficient (Wildman–Crippen LogP) is 2.49. The second-order valence-electron chi connectivity index (χ2n) is 9.26. The molecule has 1 aliphatic carbocycles. The van der Waals surface area contributed by atoms with Gasteiger partial charge in [0.1, 0.15) is 5.75 Å². The van der Waals surface area contributed by atoms with Crippen LogP contribution in [0, 0.1) is 0 Å². The summed E-state index contributed by atoms with van der Waals surface area (Å²) in [6, 6.07) is 7.44. The van der Waals surface area contributed by atoms with Crippen molar-refractivity contribution in [3.05, 3.63) is 29.8 Å². The molecular weight excluding hydrogens is 446 g/mol. The first-order valence-corrected chi connectivity index (χ1v) is 13.2. The van der Waals surface area contributed by atoms with Gasteiger partial charge in [-0.15, -0.1) is 0 Å². The minimum absolute atomic E-state index is 0.0981. The highest BCUT2D eigenvalue weighted by Crippen LogP contribution is 2.35. The standard InChI is InChI=1S/C23H35N3O6S/c1-25(2)33(28,29)24-21-11-12-26-22(21)16-32-19-9-7-17(8-10-19)18-5-3-6-20(15-18)30-13-4-14-31-23(26)27/h3,5-6,15,17,19,21-22,24H,4,7-14,16H2,1-2H3. The SMILES string of the molecule is CN(C)S(=O)(=O)NC1CCN2C(=O)OCCCOc3cccc(c3)C3CCC(CC3)OCC12. The summed E-state index contributed by atoms with van der Waals surface area (Å²) >= 11 is 0. The number of ether oxygens (including phenoxy) is 3. The molecular formula is C23H35N3O6S. The van der Waals surface area contributed by atoms with Gasteiger partial charge in [0.25, 0.3) is 10.2 Å². The number of hydrogen-bond acceptors (Lipinski definition) is 6. The van der Waals surface area contributed by atoms with Crippen LogP contribution in [0.15, 0.2) is 24.3 Å². The van der Waals surface area contributed by atoms with Gasteiger partial charge in [-0.1, -0.05) is 12.1 Å². The number of nitrogens with zero attached hydrogens (tertiary/aromatic N) is 2. The Morgan fingerprint density at radius 2 is 1.82 bits per heavy atom. The molecule has 3 heterocycles. The predicted molar refractivity (Wildman–Crippen MR) is 123 cm³/mol. The zero-order valence-corrected chi connectivity index (χ0v) is 20.3. The van der Waals surface area contributed by atoms with Crippen molar-refractivity contribution >= 4 is 16.3 Å². The highest BCUT2D eigenvalue weighted by Gasteiger charge is 2.41. The first kappa shape index (κ1) is 24.3. The van der Waals surface area contributed by atoms with Crippen LogP contribution < -0.4 is 9.46 Å². The molecule has 3 aliphatic heterocycles. The number of carbonyl (C=O) groups is 1. The lowest BCUT2D eigenvalue weighted by molar-refractivity contribution is -0.00708. The quantitative estimate of drug-likeness (QED) is 0.713. The van der Waals surface area contributed by atoms with E-state index in [1.807, 2.05) is 12.1 Å². The van der Waals surface area contributed by atoms with Crippen LogP contribution in [0.25, 0.3) is 0 Å². The summed E-state index contributed by atoms with van der Waals surface area (Å²) in [6.07, 6.45) is 4.67. The van der Waals surface area contributed by atoms with Crippen molar-refractivity contribution in [2.75, 3.05) is 40.5 Å². The smallest absolute Gasteiger partial charge is 0.410 e. The molecule has 1 aromatic rings. The van der Waals surface area contributed by atoms with Gasteiger partial charge in [0, 0.05) is 33.1 Å². The third-order valence-corrected chi connectivity index (χ3v) is 8.41. The van der Waals surface area contributed by atoms with Gasteiger partial charge in [0.2, 0.25) is 0 Å². The number of nitrogens with one attached hydrogen (secondary N) is 1. The maximum atomic E-state index is 12.8. The Morgan fingerprint density at radius 1 is 1.06 bits per heavy atom. The van der Waals surface area contributed by atoms with Crippen LogP contribution in [0.1, 0.15) is 50.0 Å². The fourth-order valence-corrected chi connectivity index (χ4v) is 5.74. The first-order chi connectivity index (χ1) is 15.8. The molecule has 1 aromatic carbocycles. The Balaban J connectivity index is 1.49. The number of rotatable bonds is 3. The van der Waals surface area contributed by atoms with E-state index in [9.17, 15) is 13.2 Å². The van der Waals surface area contributed by atoms with Crippen LogP contribution in [0.3, 0.4) is 0 Å². The molecule has 4 aliphatic rings. The first-order valence-electron chi connectivity index (χ1n) is 11.8. The molecule has 2 fully saturated rings. The van der Waals surface area contributed by atoms with Gasteiger partial charge in [-0.3, -0.25) is 0 Å². The van der Waals surface area contributed by atoms with Gasteiger partial charge < -0.3 is 19.1 Å². The molecule has 1 saturated carbocycles. The Bertz CT molecular complexity index is 917. The van der Waals surface area contributed by atoms with E-state index in [1.54, 1.807) is 4.90 Å². The molecule has 0 radical (unpaired) electrons. The van der Waals surface area contributed by atoms with Crippen LogP contribution in [-0.2, 0) is 19.7 Å². The molecule has 1 amide bonds. The molecule has 1 saturated heterocycles. The number of hydrogen-bond donors (Lipinski definition) is 1. The second-order valence-corrected chi connectivity index (χ2v) is 11.2. The van der Waals surface area contributed by atoms with E-state index in [1.165, 1.54) is 19.7 Å². The van der Waals surface area contributed by atoms with Crippen LogP contribution >= 0.6 is 0 Å². The third kappa shape index (κ3) is 5.98. The van der Waals surface area contributed by atoms with Crippen molar-refractivity contribution in [2.24, 2.45) is 0 Å². The summed E-state index contributed by atoms with van der Waals surface area (Å²) in [7, 11) is -0.661. The van der Waals surface area contributed by atoms with Gasteiger partial charge in [-0.25, -0.2) is 4.79 Å². The fraction of sp³-hybridized carbons (Fsp3) is 0.696. The monoisotopic (exact) mass is 481 g/mol. The maximum absolute atomic E-state index is 12.8. The average molecular weight is 482 g/mol. The van der Waals surface area contributed by atoms with Crippen molar-refractivity contribution in [1.29, 1.82) is 0 Å². The van der Waals surface area contributed by atoms with Crippen LogP contribution in [0.4, 0.5) is 4.79 Å². The number of fused-ring (bicyclic) bond motifs is 8. The molecule has 184 valence electrons. The largest absolute Gasteiger partial charge is 0.493 e. The van der Waals surface area contributed by atoms with E-state index < -0.39 is 28.4 Å². The van der Waals surface area contributed by atoms with E-state index in [0.29, 0.717) is 31.9 Å². The van der Waals surface area contributed by atoms with Gasteiger partial charge >= 0.3 is 6.09 Å². The Labute approximate surface area is 196 Å². The molecule has 1 N–H and O–H groups in total. The molecule has 2 atom stereocenters. The minimum Gasteiger partial charge on any atom is -0.493 e. The second kappa shape index (κ2) is 10.6. The van der Waals surface area contributed by atoms with E-state index in [-0.39, 0.29) is 19.3 Å². The van der Waals surface area contributed by atoms with Gasteiger partial charge in [-0.2, -0.15) is 17.4 Å². The van der Waals surface area contributed by atoms with Crippen molar-refractivity contribution in [2.45, 2.75) is 62.6 Å². The topological polar surface area (TPSA) is 97.4 Å². The normalized spacial score (nSPS) is 29.3. The highest BCUT2D eigenvalue weighted by molar-refractivity contribution is 7.87. The molecule has 10 heteroatoms. The van der Waals surface area contributed by atoms with Crippen molar-refractivity contribution < 1.29 is 27.4 Å². The number of benzene rings is 1. The lowest BCUT2D eigenvalue weighted by Crippen LogP contribution is -2.51. The summed E-state index contributed by atoms with van der Waals surface area (Å²) in [6.45, 7) is 1.40. The van der Waals surface area contributed by atoms with E-state index >= 15 is 0 Å². The van der Waals surface area contributed by atoms with Gasteiger partial charge in [0.05, 0.1) is 32.0 Å². The Hall–Kier alpha value is -1.88. The van der Waals surface area contributed by atoms with Crippen molar-refractivity contribution in [1.82, 2.24) is 13.9 Å². The lowest BCUT2D eigenvalue weighted by atomic mass is 9.82. The van der Waals surface area contributed by atoms with Crippen LogP contribution in [-0.4, -0.2) is 82.4 Å². The van der Waals surface area contributed by atoms with E-state index in [4.69, 9.17) is 14.2 Å². The number of amides is 1. The molecule has 0 aromatic heterocycles. The van der Waals surface area contributed by atoms with Crippen LogP contribution in [0.5, 0.6) is 5.75 Å². The zero-order chi connectivity index (χ0) is 23.4. The molecule has 4 bridgehead atoms. The summed E-state index contributed by atoms with van der Waals surface area (Å²) in [5.74, 6) is 1.33. The Morgan fingerprint density at radius 3 is 2.58 bits per heavy atom. The molecule has 2 unspecified atom stereocenters. The molecule has 9 nitrogen and oxygen atoms in total. The van der Waals surface area contributed by atoms with E-state index in [0.717, 1.165) is 35.7 Å². The lowest BCUT2D eigenvalue weighted by Gasteiger charge is -2.32. The van der Waals surface area contributed by atoms with Gasteiger partial charge in [0.15, 0.2) is 0 Å². The van der Waals surface area contributed by atoms with Crippen LogP contribution in [0.2, 0.25) is 0 Å². The van der Waals surface area contributed by atoms with Gasteiger partial charge in [-0.05, 0) is 55.7 Å². The average Bonchev–Trinajstić information content (AvgIpc) is 3.19. The third-order valence-electron chi connectivity index (χ3n) is 6.85. The van der Waals surface area contributed by atoms with Crippen molar-refractivity contribution in [3.63, 3.8) is 0 Å². The Kier molecular flexibility index (Phi) is 7.78. The molecule has 5 rings (SSSR count). The zero-order valence-electron chi connectivity index (χ0n) is 19.4. The van der Waals surface area contributed by atoms with Crippen molar-refractivity contribution in [3.8, 4) is 5.75 Å². The minimum atomic E-state index is -3.63. The fourth-order valence-electron chi connectivity index (χ4n) is 4.87. The molecule has 0 spiro atoms. The summed E-state index contributed by atoms with van der Waals surface area (Å²) in [4.78, 5) is 14.4. The molecule has 33 heavy (non-hydrogen) atoms. The number of carbonyl (C=O) groups excluding carboxylic acids is 1. The highest BCUT2D eigenvalue weighted by atomic mass is 32.2. The maximum Gasteiger partial charge on any atom is 0.410 e. The van der Waals surface area contributed by atoms with E-state index in [2.05, 4.69) is 16.9 Å².